The summed E-state index contributed by atoms with van der Waals surface area (Å²) in [6, 6.07) is 37.1. The molecule has 0 amide bonds. The molecule has 0 saturated carbocycles. The molecule has 0 aliphatic rings. The van der Waals surface area contributed by atoms with Crippen molar-refractivity contribution < 1.29 is 25.8 Å². The van der Waals surface area contributed by atoms with Crippen molar-refractivity contribution in [2.24, 2.45) is 10.8 Å². The Kier molecular flexibility index (Phi) is 9.91. The van der Waals surface area contributed by atoms with Gasteiger partial charge >= 0.3 is 21.1 Å². The Morgan fingerprint density at radius 2 is 1.43 bits per heavy atom. The topological polar surface area (TPSA) is 44.9 Å². The molecule has 3 aromatic heterocycles. The van der Waals surface area contributed by atoms with Gasteiger partial charge in [0.2, 0.25) is 0 Å². The van der Waals surface area contributed by atoms with E-state index in [0.717, 1.165) is 68.8 Å². The monoisotopic (exact) mass is 853 g/mol. The van der Waals surface area contributed by atoms with E-state index in [1.54, 1.807) is 0 Å². The van der Waals surface area contributed by atoms with Crippen LogP contribution in [0.4, 0.5) is 0 Å². The molecule has 0 N–H and O–H groups in total. The van der Waals surface area contributed by atoms with Crippen molar-refractivity contribution in [2.45, 2.75) is 75.2 Å². The van der Waals surface area contributed by atoms with Gasteiger partial charge in [-0.25, -0.2) is 4.98 Å². The summed E-state index contributed by atoms with van der Waals surface area (Å²) in [4.78, 5) is 4.79. The van der Waals surface area contributed by atoms with Gasteiger partial charge in [0.15, 0.2) is 0 Å². The van der Waals surface area contributed by atoms with Crippen LogP contribution in [-0.2, 0) is 33.9 Å². The minimum absolute atomic E-state index is 0. The van der Waals surface area contributed by atoms with E-state index in [9.17, 15) is 0 Å². The summed E-state index contributed by atoms with van der Waals surface area (Å²) < 4.78 is 10.9. The van der Waals surface area contributed by atoms with E-state index in [2.05, 4.69) is 146 Å². The Balaban J connectivity index is 0.00000448. The Bertz CT molecular complexity index is 2350. The van der Waals surface area contributed by atoms with Gasteiger partial charge in [-0.05, 0) is 90.4 Å². The van der Waals surface area contributed by atoms with E-state index in [1.165, 1.54) is 16.5 Å². The van der Waals surface area contributed by atoms with Crippen molar-refractivity contribution in [3.63, 3.8) is 0 Å². The SMILES string of the molecule is Cc1ccnc(-n2c3[c-]c(Oc4[c-]c(-n5nc(C)c(-c6ccccc6)c5C)cc(CC(C)(C)C)c4)ccc3c3cc(CC(C)(C)C)ccc32)c1.[Pt+2]. The summed E-state index contributed by atoms with van der Waals surface area (Å²) in [6.45, 7) is 19.9. The molecule has 0 unspecified atom stereocenters. The third-order valence-electron chi connectivity index (χ3n) is 9.00. The van der Waals surface area contributed by atoms with Gasteiger partial charge in [-0.1, -0.05) is 89.5 Å². The van der Waals surface area contributed by atoms with Crippen molar-refractivity contribution in [3.8, 4) is 34.1 Å². The van der Waals surface area contributed by atoms with E-state index < -0.39 is 0 Å². The Morgan fingerprint density at radius 1 is 0.706 bits per heavy atom. The summed E-state index contributed by atoms with van der Waals surface area (Å²) in [5.41, 5.74) is 11.1. The summed E-state index contributed by atoms with van der Waals surface area (Å²) in [6.07, 6.45) is 3.74. The summed E-state index contributed by atoms with van der Waals surface area (Å²) in [5, 5.41) is 7.31. The fourth-order valence-electron chi connectivity index (χ4n) is 7.12. The molecule has 0 aliphatic carbocycles. The number of pyridine rings is 1. The molecule has 7 rings (SSSR count). The normalized spacial score (nSPS) is 12.0. The second-order valence-electron chi connectivity index (χ2n) is 16.1. The molecule has 0 saturated heterocycles. The van der Waals surface area contributed by atoms with Crippen LogP contribution in [-0.4, -0.2) is 19.3 Å². The molecule has 4 aromatic carbocycles. The van der Waals surface area contributed by atoms with Crippen molar-refractivity contribution in [1.29, 1.82) is 0 Å². The van der Waals surface area contributed by atoms with Crippen molar-refractivity contribution in [1.82, 2.24) is 19.3 Å². The van der Waals surface area contributed by atoms with Crippen LogP contribution in [0.25, 0.3) is 44.4 Å². The number of hydrogen-bond donors (Lipinski definition) is 0. The van der Waals surface area contributed by atoms with E-state index in [1.807, 2.05) is 29.1 Å². The molecule has 0 radical (unpaired) electrons. The molecule has 0 spiro atoms. The minimum Gasteiger partial charge on any atom is -0.509 e. The molecule has 0 bridgehead atoms. The average molecular weight is 854 g/mol. The molecule has 6 heteroatoms. The fourth-order valence-corrected chi connectivity index (χ4v) is 7.12. The average Bonchev–Trinajstić information content (AvgIpc) is 3.52. The zero-order chi connectivity index (χ0) is 35.4. The fraction of sp³-hybridized carbons (Fsp3) is 0.289. The van der Waals surface area contributed by atoms with E-state index in [4.69, 9.17) is 14.8 Å². The molecular weight excluding hydrogens is 808 g/mol. The predicted molar refractivity (Wildman–Crippen MR) is 206 cm³/mol. The summed E-state index contributed by atoms with van der Waals surface area (Å²) in [7, 11) is 0. The number of aryl methyl sites for hydroxylation is 2. The zero-order valence-corrected chi connectivity index (χ0v) is 33.4. The number of ether oxygens (including phenoxy) is 1. The summed E-state index contributed by atoms with van der Waals surface area (Å²) in [5.74, 6) is 2.12. The Labute approximate surface area is 317 Å². The van der Waals surface area contributed by atoms with Crippen LogP contribution in [0.3, 0.4) is 0 Å². The van der Waals surface area contributed by atoms with E-state index >= 15 is 0 Å². The molecular formula is C45H46N4OPt. The molecule has 262 valence electrons. The van der Waals surface area contributed by atoms with Crippen LogP contribution in [0.5, 0.6) is 11.5 Å². The van der Waals surface area contributed by atoms with E-state index in [0.29, 0.717) is 11.5 Å². The molecule has 0 fully saturated rings. The molecule has 3 heterocycles. The smallest absolute Gasteiger partial charge is 0.509 e. The number of benzene rings is 4. The first-order chi connectivity index (χ1) is 23.7. The number of aromatic nitrogens is 4. The van der Waals surface area contributed by atoms with Crippen LogP contribution >= 0.6 is 0 Å². The number of rotatable bonds is 7. The van der Waals surface area contributed by atoms with Gasteiger partial charge in [0.05, 0.1) is 5.69 Å². The maximum atomic E-state index is 6.68. The maximum absolute atomic E-state index is 6.68. The van der Waals surface area contributed by atoms with Crippen molar-refractivity contribution >= 4 is 21.8 Å². The largest absolute Gasteiger partial charge is 2.00 e. The van der Waals surface area contributed by atoms with Gasteiger partial charge in [-0.2, -0.15) is 16.7 Å². The van der Waals surface area contributed by atoms with Crippen molar-refractivity contribution in [3.05, 3.63) is 131 Å². The number of fused-ring (bicyclic) bond motifs is 3. The van der Waals surface area contributed by atoms with Crippen LogP contribution < -0.4 is 4.74 Å². The number of nitrogens with zero attached hydrogens (tertiary/aromatic N) is 4. The Hall–Kier alpha value is -4.47. The third kappa shape index (κ3) is 7.75. The Morgan fingerprint density at radius 3 is 2.14 bits per heavy atom. The number of hydrogen-bond acceptors (Lipinski definition) is 3. The second-order valence-corrected chi connectivity index (χ2v) is 16.1. The molecule has 51 heavy (non-hydrogen) atoms. The van der Waals surface area contributed by atoms with Crippen LogP contribution in [0, 0.1) is 43.7 Å². The third-order valence-corrected chi connectivity index (χ3v) is 9.00. The zero-order valence-electron chi connectivity index (χ0n) is 31.1. The minimum atomic E-state index is 0. The molecule has 0 aliphatic heterocycles. The molecule has 0 atom stereocenters. The van der Waals surface area contributed by atoms with Gasteiger partial charge < -0.3 is 9.30 Å². The quantitative estimate of drug-likeness (QED) is 0.150. The summed E-state index contributed by atoms with van der Waals surface area (Å²) >= 11 is 0. The van der Waals surface area contributed by atoms with Gasteiger partial charge in [-0.3, -0.25) is 4.68 Å². The van der Waals surface area contributed by atoms with Gasteiger partial charge in [0.25, 0.3) is 0 Å². The van der Waals surface area contributed by atoms with Gasteiger partial charge in [-0.15, -0.1) is 35.7 Å². The molecule has 5 nitrogen and oxygen atoms in total. The predicted octanol–water partition coefficient (Wildman–Crippen LogP) is 11.5. The first-order valence-electron chi connectivity index (χ1n) is 17.5. The van der Waals surface area contributed by atoms with Crippen LogP contribution in [0.1, 0.15) is 69.6 Å². The second kappa shape index (κ2) is 13.9. The molecule has 7 aromatic rings. The van der Waals surface area contributed by atoms with E-state index in [-0.39, 0.29) is 31.9 Å². The first-order valence-corrected chi connectivity index (χ1v) is 17.5. The van der Waals surface area contributed by atoms with Gasteiger partial charge in [0, 0.05) is 34.5 Å². The first kappa shape index (κ1) is 36.3. The van der Waals surface area contributed by atoms with Gasteiger partial charge in [0.1, 0.15) is 5.82 Å². The van der Waals surface area contributed by atoms with Crippen LogP contribution in [0.15, 0.2) is 91.1 Å². The standard InChI is InChI=1S/C45H46N4O.Pt/c1-29-19-20-46-42(21-29)48-40-18-15-32(27-44(4,5)6)24-39(40)38-17-16-36(26-41(38)48)50-37-23-33(28-45(7,8)9)22-35(25-37)49-31(3)43(30(2)47-49)34-13-11-10-12-14-34;/h10-24H,27-28H2,1-9H3;/q-2;+2. The van der Waals surface area contributed by atoms with Crippen LogP contribution in [0.2, 0.25) is 0 Å². The maximum Gasteiger partial charge on any atom is 2.00 e. The van der Waals surface area contributed by atoms with Crippen molar-refractivity contribution in [2.75, 3.05) is 0 Å².